The molecule has 1 aromatic carbocycles. The van der Waals surface area contributed by atoms with Crippen molar-refractivity contribution in [2.75, 3.05) is 5.73 Å². The van der Waals surface area contributed by atoms with Crippen LogP contribution in [0.2, 0.25) is 9.49 Å². The van der Waals surface area contributed by atoms with E-state index in [0.717, 1.165) is 9.90 Å². The third kappa shape index (κ3) is 2.79. The fourth-order valence-electron chi connectivity index (χ4n) is 1.10. The molecule has 0 fully saturated rings. The second-order valence-corrected chi connectivity index (χ2v) is 5.93. The minimum Gasteiger partial charge on any atom is -0.398 e. The van der Waals surface area contributed by atoms with Gasteiger partial charge in [-0.3, -0.25) is 0 Å². The van der Waals surface area contributed by atoms with Crippen molar-refractivity contribution in [1.82, 2.24) is 10.2 Å². The van der Waals surface area contributed by atoms with Crippen LogP contribution in [0.25, 0.3) is 0 Å². The SMILES string of the molecule is Nc1cccc(Cl)c1SCc1nnc(Cl)s1. The van der Waals surface area contributed by atoms with Crippen LogP contribution in [0.3, 0.4) is 0 Å². The van der Waals surface area contributed by atoms with Crippen LogP contribution in [0, 0.1) is 0 Å². The first kappa shape index (κ1) is 12.0. The van der Waals surface area contributed by atoms with Gasteiger partial charge in [-0.25, -0.2) is 0 Å². The molecular weight excluding hydrogens is 285 g/mol. The molecule has 0 amide bonds. The van der Waals surface area contributed by atoms with Gasteiger partial charge in [-0.1, -0.05) is 29.0 Å². The number of aromatic nitrogens is 2. The van der Waals surface area contributed by atoms with Crippen molar-refractivity contribution in [3.8, 4) is 0 Å². The van der Waals surface area contributed by atoms with Gasteiger partial charge in [-0.2, -0.15) is 0 Å². The molecule has 84 valence electrons. The van der Waals surface area contributed by atoms with E-state index < -0.39 is 0 Å². The van der Waals surface area contributed by atoms with Crippen LogP contribution < -0.4 is 5.73 Å². The van der Waals surface area contributed by atoms with E-state index in [-0.39, 0.29) is 0 Å². The molecular formula is C9H7Cl2N3S2. The van der Waals surface area contributed by atoms with Crippen LogP contribution in [0.5, 0.6) is 0 Å². The topological polar surface area (TPSA) is 51.8 Å². The highest BCUT2D eigenvalue weighted by Gasteiger charge is 2.08. The number of nitrogen functional groups attached to an aromatic ring is 1. The Kier molecular flexibility index (Phi) is 3.91. The van der Waals surface area contributed by atoms with Crippen molar-refractivity contribution in [2.24, 2.45) is 0 Å². The van der Waals surface area contributed by atoms with Crippen LogP contribution in [-0.2, 0) is 5.75 Å². The van der Waals surface area contributed by atoms with E-state index in [1.54, 1.807) is 0 Å². The van der Waals surface area contributed by atoms with Gasteiger partial charge < -0.3 is 5.73 Å². The summed E-state index contributed by atoms with van der Waals surface area (Å²) in [5.41, 5.74) is 6.50. The number of halogens is 2. The Morgan fingerprint density at radius 1 is 1.31 bits per heavy atom. The maximum Gasteiger partial charge on any atom is 0.207 e. The van der Waals surface area contributed by atoms with E-state index >= 15 is 0 Å². The standard InChI is InChI=1S/C9H7Cl2N3S2/c10-5-2-1-3-6(12)8(5)15-4-7-13-14-9(11)16-7/h1-3H,4,12H2. The summed E-state index contributed by atoms with van der Waals surface area (Å²) in [6.45, 7) is 0. The van der Waals surface area contributed by atoms with E-state index in [1.807, 2.05) is 18.2 Å². The van der Waals surface area contributed by atoms with Gasteiger partial charge in [-0.15, -0.1) is 22.0 Å². The summed E-state index contributed by atoms with van der Waals surface area (Å²) < 4.78 is 0.447. The maximum atomic E-state index is 6.04. The van der Waals surface area contributed by atoms with Gasteiger partial charge in [-0.05, 0) is 23.7 Å². The van der Waals surface area contributed by atoms with Crippen LogP contribution in [0.1, 0.15) is 5.01 Å². The Morgan fingerprint density at radius 3 is 2.75 bits per heavy atom. The fraction of sp³-hybridized carbons (Fsp3) is 0.111. The smallest absolute Gasteiger partial charge is 0.207 e. The van der Waals surface area contributed by atoms with Crippen molar-refractivity contribution >= 4 is 52.0 Å². The fourth-order valence-corrected chi connectivity index (χ4v) is 3.29. The van der Waals surface area contributed by atoms with Gasteiger partial charge in [0, 0.05) is 10.6 Å². The molecule has 1 heterocycles. The third-order valence-corrected chi connectivity index (χ3v) is 4.57. The Labute approximate surface area is 111 Å². The van der Waals surface area contributed by atoms with Gasteiger partial charge >= 0.3 is 0 Å². The molecule has 16 heavy (non-hydrogen) atoms. The third-order valence-electron chi connectivity index (χ3n) is 1.78. The Hall–Kier alpha value is -0.490. The molecule has 1 aromatic heterocycles. The minimum atomic E-state index is 0.447. The summed E-state index contributed by atoms with van der Waals surface area (Å²) in [5, 5.41) is 9.16. The monoisotopic (exact) mass is 291 g/mol. The van der Waals surface area contributed by atoms with Gasteiger partial charge in [0.05, 0.1) is 10.8 Å². The summed E-state index contributed by atoms with van der Waals surface area (Å²) >= 11 is 14.6. The second-order valence-electron chi connectivity index (χ2n) is 2.90. The van der Waals surface area contributed by atoms with Crippen molar-refractivity contribution in [3.63, 3.8) is 0 Å². The zero-order valence-corrected chi connectivity index (χ0v) is 11.1. The lowest BCUT2D eigenvalue weighted by Gasteiger charge is -2.05. The first-order valence-electron chi connectivity index (χ1n) is 4.31. The largest absolute Gasteiger partial charge is 0.398 e. The lowest BCUT2D eigenvalue weighted by Crippen LogP contribution is -1.89. The predicted molar refractivity (Wildman–Crippen MR) is 70.3 cm³/mol. The molecule has 0 bridgehead atoms. The Balaban J connectivity index is 2.10. The highest BCUT2D eigenvalue weighted by Crippen LogP contribution is 2.35. The van der Waals surface area contributed by atoms with E-state index in [9.17, 15) is 0 Å². The van der Waals surface area contributed by atoms with Gasteiger partial charge in [0.25, 0.3) is 0 Å². The predicted octanol–water partition coefficient (Wildman–Crippen LogP) is 3.72. The quantitative estimate of drug-likeness (QED) is 0.692. The van der Waals surface area contributed by atoms with Crippen molar-refractivity contribution < 1.29 is 0 Å². The maximum absolute atomic E-state index is 6.04. The molecule has 0 aliphatic carbocycles. The number of hydrogen-bond acceptors (Lipinski definition) is 5. The molecule has 0 aliphatic rings. The average molecular weight is 292 g/mol. The Morgan fingerprint density at radius 2 is 2.12 bits per heavy atom. The molecule has 0 saturated heterocycles. The van der Waals surface area contributed by atoms with E-state index in [1.165, 1.54) is 23.1 Å². The van der Waals surface area contributed by atoms with Gasteiger partial charge in [0.1, 0.15) is 5.01 Å². The number of hydrogen-bond donors (Lipinski definition) is 1. The molecule has 0 spiro atoms. The lowest BCUT2D eigenvalue weighted by atomic mass is 10.3. The number of rotatable bonds is 3. The molecule has 0 aliphatic heterocycles. The van der Waals surface area contributed by atoms with Crippen molar-refractivity contribution in [1.29, 1.82) is 0 Å². The number of nitrogens with zero attached hydrogens (tertiary/aromatic N) is 2. The lowest BCUT2D eigenvalue weighted by molar-refractivity contribution is 1.04. The molecule has 2 rings (SSSR count). The van der Waals surface area contributed by atoms with Crippen molar-refractivity contribution in [3.05, 3.63) is 32.7 Å². The molecule has 3 nitrogen and oxygen atoms in total. The van der Waals surface area contributed by atoms with E-state index in [2.05, 4.69) is 10.2 Å². The molecule has 0 saturated carbocycles. The highest BCUT2D eigenvalue weighted by atomic mass is 35.5. The number of thioether (sulfide) groups is 1. The highest BCUT2D eigenvalue weighted by molar-refractivity contribution is 7.98. The summed E-state index contributed by atoms with van der Waals surface area (Å²) in [6, 6.07) is 5.46. The molecule has 0 atom stereocenters. The molecule has 7 heteroatoms. The number of benzene rings is 1. The van der Waals surface area contributed by atoms with E-state index in [0.29, 0.717) is 20.9 Å². The van der Waals surface area contributed by atoms with Crippen LogP contribution in [0.4, 0.5) is 5.69 Å². The average Bonchev–Trinajstić information content (AvgIpc) is 2.63. The first-order valence-corrected chi connectivity index (χ1v) is 6.87. The zero-order valence-electron chi connectivity index (χ0n) is 7.98. The molecule has 2 N–H and O–H groups in total. The Bertz CT molecular complexity index is 481. The van der Waals surface area contributed by atoms with Crippen molar-refractivity contribution in [2.45, 2.75) is 10.6 Å². The summed E-state index contributed by atoms with van der Waals surface area (Å²) in [6.07, 6.45) is 0. The molecule has 0 unspecified atom stereocenters. The summed E-state index contributed by atoms with van der Waals surface area (Å²) in [5.74, 6) is 0.665. The molecule has 0 radical (unpaired) electrons. The first-order chi connectivity index (χ1) is 7.66. The van der Waals surface area contributed by atoms with Crippen LogP contribution in [-0.4, -0.2) is 10.2 Å². The zero-order chi connectivity index (χ0) is 11.5. The number of nitrogens with two attached hydrogens (primary N) is 1. The van der Waals surface area contributed by atoms with Gasteiger partial charge in [0.2, 0.25) is 4.47 Å². The normalized spacial score (nSPS) is 10.6. The number of anilines is 1. The second kappa shape index (κ2) is 5.23. The van der Waals surface area contributed by atoms with E-state index in [4.69, 9.17) is 28.9 Å². The van der Waals surface area contributed by atoms with Crippen LogP contribution >= 0.6 is 46.3 Å². The van der Waals surface area contributed by atoms with Gasteiger partial charge in [0.15, 0.2) is 0 Å². The summed E-state index contributed by atoms with van der Waals surface area (Å²) in [7, 11) is 0. The minimum absolute atomic E-state index is 0.447. The van der Waals surface area contributed by atoms with Crippen LogP contribution in [0.15, 0.2) is 23.1 Å². The summed E-state index contributed by atoms with van der Waals surface area (Å²) in [4.78, 5) is 0.871. The molecule has 2 aromatic rings.